The summed E-state index contributed by atoms with van der Waals surface area (Å²) in [6, 6.07) is 0. The zero-order valence-electron chi connectivity index (χ0n) is 15.0. The Morgan fingerprint density at radius 3 is 1.90 bits per heavy atom. The van der Waals surface area contributed by atoms with E-state index in [0.29, 0.717) is 0 Å². The van der Waals surface area contributed by atoms with E-state index in [2.05, 4.69) is 40.7 Å². The second-order valence-corrected chi connectivity index (χ2v) is 6.61. The summed E-state index contributed by atoms with van der Waals surface area (Å²) in [5.41, 5.74) is 1.68. The van der Waals surface area contributed by atoms with Crippen molar-refractivity contribution in [2.24, 2.45) is 11.8 Å². The van der Waals surface area contributed by atoms with Crippen molar-refractivity contribution in [3.63, 3.8) is 0 Å². The number of hydrogen-bond donors (Lipinski definition) is 0. The highest BCUT2D eigenvalue weighted by molar-refractivity contribution is 5.04. The lowest BCUT2D eigenvalue weighted by Gasteiger charge is -2.19. The predicted molar refractivity (Wildman–Crippen MR) is 94.2 cm³/mol. The topological polar surface area (TPSA) is 0 Å². The third-order valence-corrected chi connectivity index (χ3v) is 4.62. The zero-order valence-corrected chi connectivity index (χ0v) is 15.0. The molecule has 0 rings (SSSR count). The fraction of sp³-hybridized carbons (Fsp3) is 0.900. The van der Waals surface area contributed by atoms with Gasteiger partial charge in [-0.05, 0) is 38.0 Å². The number of hydrogen-bond acceptors (Lipinski definition) is 0. The molecule has 0 heterocycles. The van der Waals surface area contributed by atoms with Gasteiger partial charge >= 0.3 is 0 Å². The third kappa shape index (κ3) is 9.61. The summed E-state index contributed by atoms with van der Waals surface area (Å²) < 4.78 is 0. The summed E-state index contributed by atoms with van der Waals surface area (Å²) >= 11 is 0. The molecule has 0 bridgehead atoms. The van der Waals surface area contributed by atoms with Crippen LogP contribution in [0.4, 0.5) is 0 Å². The summed E-state index contributed by atoms with van der Waals surface area (Å²) in [4.78, 5) is 0. The molecule has 2 unspecified atom stereocenters. The summed E-state index contributed by atoms with van der Waals surface area (Å²) in [5, 5.41) is 0. The maximum atomic E-state index is 2.59. The van der Waals surface area contributed by atoms with Gasteiger partial charge in [0.15, 0.2) is 0 Å². The Hall–Kier alpha value is -0.260. The van der Waals surface area contributed by atoms with Crippen LogP contribution in [0, 0.1) is 11.8 Å². The SMILES string of the molecule is CCCCC(CC=C(C)C(CCC)CCCC)CCC. The standard InChI is InChI=1S/C20H40/c1-6-10-14-19(12-8-3)17-16-18(5)20(13-9-4)15-11-7-2/h16,19-20H,6-15,17H2,1-5H3. The largest absolute Gasteiger partial charge is 0.0851 e. The first-order chi connectivity index (χ1) is 9.69. The van der Waals surface area contributed by atoms with E-state index in [-0.39, 0.29) is 0 Å². The van der Waals surface area contributed by atoms with E-state index in [9.17, 15) is 0 Å². The molecule has 0 fully saturated rings. The Kier molecular flexibility index (Phi) is 13.5. The minimum atomic E-state index is 0.855. The van der Waals surface area contributed by atoms with Crippen molar-refractivity contribution < 1.29 is 0 Å². The van der Waals surface area contributed by atoms with Crippen molar-refractivity contribution in [2.45, 2.75) is 105 Å². The lowest BCUT2D eigenvalue weighted by atomic mass is 9.87. The molecule has 20 heavy (non-hydrogen) atoms. The van der Waals surface area contributed by atoms with Crippen molar-refractivity contribution >= 4 is 0 Å². The average Bonchev–Trinajstić information content (AvgIpc) is 2.46. The molecule has 0 saturated heterocycles. The van der Waals surface area contributed by atoms with Crippen LogP contribution in [0.15, 0.2) is 11.6 Å². The van der Waals surface area contributed by atoms with Crippen LogP contribution in [-0.4, -0.2) is 0 Å². The molecule has 0 aliphatic heterocycles. The van der Waals surface area contributed by atoms with Gasteiger partial charge in [0, 0.05) is 0 Å². The highest BCUT2D eigenvalue weighted by atomic mass is 14.2. The van der Waals surface area contributed by atoms with Crippen LogP contribution in [0.1, 0.15) is 105 Å². The van der Waals surface area contributed by atoms with Gasteiger partial charge in [0.25, 0.3) is 0 Å². The van der Waals surface area contributed by atoms with Crippen molar-refractivity contribution in [2.75, 3.05) is 0 Å². The molecule has 0 aliphatic rings. The molecule has 0 aromatic rings. The van der Waals surface area contributed by atoms with E-state index in [4.69, 9.17) is 0 Å². The van der Waals surface area contributed by atoms with Crippen LogP contribution in [0.5, 0.6) is 0 Å². The van der Waals surface area contributed by atoms with E-state index in [0.717, 1.165) is 11.8 Å². The zero-order chi connectivity index (χ0) is 15.2. The maximum Gasteiger partial charge on any atom is -0.0206 e. The average molecular weight is 281 g/mol. The van der Waals surface area contributed by atoms with Gasteiger partial charge in [0.2, 0.25) is 0 Å². The molecule has 0 aliphatic carbocycles. The minimum absolute atomic E-state index is 0.855. The van der Waals surface area contributed by atoms with Gasteiger partial charge in [0.1, 0.15) is 0 Å². The first-order valence-corrected chi connectivity index (χ1v) is 9.36. The lowest BCUT2D eigenvalue weighted by Crippen LogP contribution is -2.04. The molecule has 120 valence electrons. The monoisotopic (exact) mass is 280 g/mol. The van der Waals surface area contributed by atoms with Crippen molar-refractivity contribution in [3.05, 3.63) is 11.6 Å². The highest BCUT2D eigenvalue weighted by Gasteiger charge is 2.11. The first-order valence-electron chi connectivity index (χ1n) is 9.36. The van der Waals surface area contributed by atoms with Gasteiger partial charge in [0.05, 0.1) is 0 Å². The number of allylic oxidation sites excluding steroid dienone is 2. The normalized spacial score (nSPS) is 15.3. The van der Waals surface area contributed by atoms with E-state index in [1.165, 1.54) is 70.6 Å². The summed E-state index contributed by atoms with van der Waals surface area (Å²) in [6.45, 7) is 11.7. The van der Waals surface area contributed by atoms with Gasteiger partial charge in [-0.15, -0.1) is 0 Å². The molecule has 2 atom stereocenters. The molecule has 0 N–H and O–H groups in total. The summed E-state index contributed by atoms with van der Waals surface area (Å²) in [5.74, 6) is 1.79. The molecular formula is C20H40. The molecule has 0 saturated carbocycles. The predicted octanol–water partition coefficient (Wildman–Crippen LogP) is 7.54. The van der Waals surface area contributed by atoms with Crippen LogP contribution >= 0.6 is 0 Å². The van der Waals surface area contributed by atoms with Crippen molar-refractivity contribution in [3.8, 4) is 0 Å². The Morgan fingerprint density at radius 2 is 1.35 bits per heavy atom. The molecule has 0 nitrogen and oxygen atoms in total. The van der Waals surface area contributed by atoms with E-state index in [1.807, 2.05) is 0 Å². The highest BCUT2D eigenvalue weighted by Crippen LogP contribution is 2.26. The van der Waals surface area contributed by atoms with Crippen LogP contribution in [-0.2, 0) is 0 Å². The van der Waals surface area contributed by atoms with Gasteiger partial charge in [-0.1, -0.05) is 90.7 Å². The molecule has 0 heteroatoms. The summed E-state index contributed by atoms with van der Waals surface area (Å²) in [7, 11) is 0. The Labute approximate surface area is 129 Å². The quantitative estimate of drug-likeness (QED) is 0.306. The van der Waals surface area contributed by atoms with E-state index in [1.54, 1.807) is 5.57 Å². The van der Waals surface area contributed by atoms with Crippen molar-refractivity contribution in [1.29, 1.82) is 0 Å². The summed E-state index contributed by atoms with van der Waals surface area (Å²) in [6.07, 6.45) is 17.7. The molecule has 0 aromatic carbocycles. The van der Waals surface area contributed by atoms with E-state index >= 15 is 0 Å². The Balaban J connectivity index is 4.38. The fourth-order valence-corrected chi connectivity index (χ4v) is 3.20. The van der Waals surface area contributed by atoms with Crippen LogP contribution < -0.4 is 0 Å². The molecule has 0 aromatic heterocycles. The van der Waals surface area contributed by atoms with Crippen LogP contribution in [0.2, 0.25) is 0 Å². The second-order valence-electron chi connectivity index (χ2n) is 6.61. The molecular weight excluding hydrogens is 240 g/mol. The van der Waals surface area contributed by atoms with E-state index < -0.39 is 0 Å². The number of unbranched alkanes of at least 4 members (excludes halogenated alkanes) is 2. The lowest BCUT2D eigenvalue weighted by molar-refractivity contribution is 0.428. The van der Waals surface area contributed by atoms with Crippen LogP contribution in [0.25, 0.3) is 0 Å². The maximum absolute atomic E-state index is 2.59. The minimum Gasteiger partial charge on any atom is -0.0851 e. The fourth-order valence-electron chi connectivity index (χ4n) is 3.20. The number of rotatable bonds is 13. The Bertz CT molecular complexity index is 226. The Morgan fingerprint density at radius 1 is 0.750 bits per heavy atom. The van der Waals surface area contributed by atoms with Gasteiger partial charge in [-0.3, -0.25) is 0 Å². The molecule has 0 amide bonds. The van der Waals surface area contributed by atoms with Gasteiger partial charge < -0.3 is 0 Å². The van der Waals surface area contributed by atoms with Gasteiger partial charge in [-0.25, -0.2) is 0 Å². The third-order valence-electron chi connectivity index (χ3n) is 4.62. The molecule has 0 radical (unpaired) electrons. The van der Waals surface area contributed by atoms with Crippen molar-refractivity contribution in [1.82, 2.24) is 0 Å². The van der Waals surface area contributed by atoms with Gasteiger partial charge in [-0.2, -0.15) is 0 Å². The smallest absolute Gasteiger partial charge is 0.0206 e. The first kappa shape index (κ1) is 19.7. The molecule has 0 spiro atoms. The van der Waals surface area contributed by atoms with Crippen LogP contribution in [0.3, 0.4) is 0 Å². The second kappa shape index (κ2) is 13.7.